The van der Waals surface area contributed by atoms with Gasteiger partial charge in [0.25, 0.3) is 5.56 Å². The largest absolute Gasteiger partial charge is 0.487 e. The van der Waals surface area contributed by atoms with Crippen molar-refractivity contribution in [3.63, 3.8) is 0 Å². The van der Waals surface area contributed by atoms with Crippen LogP contribution in [0, 0.1) is 5.92 Å². The number of hydrogen-bond acceptors (Lipinski definition) is 6. The van der Waals surface area contributed by atoms with E-state index in [1.54, 1.807) is 41.4 Å². The maximum atomic E-state index is 12.6. The van der Waals surface area contributed by atoms with Crippen molar-refractivity contribution < 1.29 is 4.74 Å². The molecular formula is C22H24ClN5O2. The minimum Gasteiger partial charge on any atom is -0.487 e. The van der Waals surface area contributed by atoms with E-state index < -0.39 is 0 Å². The predicted octanol–water partition coefficient (Wildman–Crippen LogP) is 2.90. The molecule has 0 radical (unpaired) electrons. The second-order valence-electron chi connectivity index (χ2n) is 7.48. The smallest absolute Gasteiger partial charge is 0.258 e. The van der Waals surface area contributed by atoms with Gasteiger partial charge in [0, 0.05) is 37.6 Å². The molecule has 30 heavy (non-hydrogen) atoms. The zero-order valence-electron chi connectivity index (χ0n) is 17.0. The van der Waals surface area contributed by atoms with Gasteiger partial charge in [0.1, 0.15) is 18.2 Å². The first kappa shape index (κ1) is 20.4. The molecule has 1 fully saturated rings. The molecule has 0 amide bonds. The highest BCUT2D eigenvalue weighted by atomic mass is 35.5. The summed E-state index contributed by atoms with van der Waals surface area (Å²) in [6, 6.07) is 11.1. The number of likely N-dealkylation sites (N-methyl/N-ethyl adjacent to an activating group) is 1. The van der Waals surface area contributed by atoms with Crippen molar-refractivity contribution in [1.82, 2.24) is 19.9 Å². The number of pyridine rings is 3. The molecule has 8 heteroatoms. The van der Waals surface area contributed by atoms with Crippen LogP contribution in [0.4, 0.5) is 5.82 Å². The van der Waals surface area contributed by atoms with E-state index >= 15 is 0 Å². The van der Waals surface area contributed by atoms with Gasteiger partial charge < -0.3 is 15.0 Å². The molecule has 7 nitrogen and oxygen atoms in total. The maximum absolute atomic E-state index is 12.6. The normalized spacial score (nSPS) is 18.6. The highest BCUT2D eigenvalue weighted by molar-refractivity contribution is 6.30. The number of halogens is 1. The third kappa shape index (κ3) is 4.47. The molecule has 1 saturated heterocycles. The topological polar surface area (TPSA) is 72.3 Å². The quantitative estimate of drug-likeness (QED) is 0.654. The maximum Gasteiger partial charge on any atom is 0.258 e. The van der Waals surface area contributed by atoms with Crippen molar-refractivity contribution >= 4 is 17.4 Å². The number of anilines is 1. The number of hydrogen-bond donors (Lipinski definition) is 1. The van der Waals surface area contributed by atoms with Crippen LogP contribution >= 0.6 is 11.6 Å². The second kappa shape index (κ2) is 8.85. The van der Waals surface area contributed by atoms with Crippen LogP contribution in [0.5, 0.6) is 5.75 Å². The van der Waals surface area contributed by atoms with Gasteiger partial charge >= 0.3 is 0 Å². The molecule has 2 unspecified atom stereocenters. The molecule has 1 aliphatic rings. The fourth-order valence-electron chi connectivity index (χ4n) is 3.65. The van der Waals surface area contributed by atoms with Crippen LogP contribution in [0.1, 0.15) is 12.6 Å². The van der Waals surface area contributed by atoms with E-state index in [-0.39, 0.29) is 12.2 Å². The Bertz CT molecular complexity index is 1050. The second-order valence-corrected chi connectivity index (χ2v) is 7.92. The van der Waals surface area contributed by atoms with Gasteiger partial charge in [0.05, 0.1) is 22.6 Å². The zero-order valence-corrected chi connectivity index (χ0v) is 17.7. The molecule has 156 valence electrons. The van der Waals surface area contributed by atoms with Gasteiger partial charge in [-0.2, -0.15) is 0 Å². The molecule has 0 bridgehead atoms. The van der Waals surface area contributed by atoms with Crippen molar-refractivity contribution in [3.8, 4) is 11.4 Å². The molecule has 0 saturated carbocycles. The molecule has 0 spiro atoms. The minimum absolute atomic E-state index is 0.184. The van der Waals surface area contributed by atoms with Gasteiger partial charge in [-0.3, -0.25) is 14.3 Å². The van der Waals surface area contributed by atoms with Crippen molar-refractivity contribution in [2.24, 2.45) is 5.92 Å². The number of rotatable bonds is 6. The minimum atomic E-state index is -0.184. The zero-order chi connectivity index (χ0) is 21.1. The Balaban J connectivity index is 1.44. The number of nitrogens with zero attached hydrogens (tertiary/aromatic N) is 4. The monoisotopic (exact) mass is 425 g/mol. The van der Waals surface area contributed by atoms with E-state index in [0.29, 0.717) is 28.4 Å². The van der Waals surface area contributed by atoms with E-state index in [1.807, 2.05) is 19.2 Å². The third-order valence-electron chi connectivity index (χ3n) is 5.38. The first-order chi connectivity index (χ1) is 14.5. The Morgan fingerprint density at radius 2 is 2.03 bits per heavy atom. The molecule has 1 N–H and O–H groups in total. The van der Waals surface area contributed by atoms with Crippen LogP contribution in [-0.4, -0.2) is 40.7 Å². The lowest BCUT2D eigenvalue weighted by Gasteiger charge is -2.17. The molecule has 1 aliphatic heterocycles. The van der Waals surface area contributed by atoms with E-state index in [1.165, 1.54) is 6.07 Å². The Hall–Kier alpha value is -2.90. The van der Waals surface area contributed by atoms with Gasteiger partial charge in [0.15, 0.2) is 0 Å². The van der Waals surface area contributed by atoms with Crippen molar-refractivity contribution in [3.05, 3.63) is 76.1 Å². The highest BCUT2D eigenvalue weighted by Gasteiger charge is 2.28. The predicted molar refractivity (Wildman–Crippen MR) is 118 cm³/mol. The Morgan fingerprint density at radius 1 is 1.17 bits per heavy atom. The fourth-order valence-corrected chi connectivity index (χ4v) is 3.76. The molecule has 0 aromatic carbocycles. The van der Waals surface area contributed by atoms with Gasteiger partial charge in [0.2, 0.25) is 0 Å². The Kier molecular flexibility index (Phi) is 6.01. The number of nitrogens with one attached hydrogen (secondary N) is 1. The average Bonchev–Trinajstić information content (AvgIpc) is 3.14. The van der Waals surface area contributed by atoms with E-state index in [9.17, 15) is 4.79 Å². The lowest BCUT2D eigenvalue weighted by molar-refractivity contribution is 0.300. The molecule has 2 atom stereocenters. The summed E-state index contributed by atoms with van der Waals surface area (Å²) in [5, 5.41) is 3.92. The van der Waals surface area contributed by atoms with Crippen LogP contribution in [0.3, 0.4) is 0 Å². The number of aromatic nitrogens is 3. The first-order valence-corrected chi connectivity index (χ1v) is 10.3. The lowest BCUT2D eigenvalue weighted by atomic mass is 10.1. The third-order valence-corrected chi connectivity index (χ3v) is 5.61. The van der Waals surface area contributed by atoms with Gasteiger partial charge in [-0.05, 0) is 43.3 Å². The summed E-state index contributed by atoms with van der Waals surface area (Å²) >= 11 is 5.83. The standard InChI is InChI=1S/C22H24ClN5O2/c1-15-12-27(13-20(15)24-2)21-6-5-18(11-26-21)28-8-7-19(9-22(28)29)30-14-17-4-3-16(23)10-25-17/h3-11,15,20,24H,12-14H2,1-2H3. The highest BCUT2D eigenvalue weighted by Crippen LogP contribution is 2.22. The SMILES string of the molecule is CNC1CN(c2ccc(-n3ccc(OCc4ccc(Cl)cn4)cc3=O)cn2)CC1C. The van der Waals surface area contributed by atoms with Gasteiger partial charge in [-0.1, -0.05) is 18.5 Å². The molecule has 3 aromatic heterocycles. The summed E-state index contributed by atoms with van der Waals surface area (Å²) < 4.78 is 7.22. The number of ether oxygens (including phenoxy) is 1. The van der Waals surface area contributed by atoms with Gasteiger partial charge in [-0.15, -0.1) is 0 Å². The molecular weight excluding hydrogens is 402 g/mol. The van der Waals surface area contributed by atoms with Crippen LogP contribution in [0.25, 0.3) is 5.69 Å². The van der Waals surface area contributed by atoms with Crippen LogP contribution < -0.4 is 20.5 Å². The molecule has 4 rings (SSSR count). The van der Waals surface area contributed by atoms with Crippen molar-refractivity contribution in [2.75, 3.05) is 25.0 Å². The first-order valence-electron chi connectivity index (χ1n) is 9.88. The summed E-state index contributed by atoms with van der Waals surface area (Å²) in [5.74, 6) is 1.98. The van der Waals surface area contributed by atoms with E-state index in [0.717, 1.165) is 24.6 Å². The summed E-state index contributed by atoms with van der Waals surface area (Å²) in [6.45, 7) is 4.39. The van der Waals surface area contributed by atoms with Crippen LogP contribution in [0.15, 0.2) is 59.8 Å². The van der Waals surface area contributed by atoms with Crippen LogP contribution in [-0.2, 0) is 6.61 Å². The van der Waals surface area contributed by atoms with Crippen LogP contribution in [0.2, 0.25) is 5.02 Å². The van der Waals surface area contributed by atoms with Crippen molar-refractivity contribution in [1.29, 1.82) is 0 Å². The van der Waals surface area contributed by atoms with Crippen molar-refractivity contribution in [2.45, 2.75) is 19.6 Å². The fraction of sp³-hybridized carbons (Fsp3) is 0.318. The summed E-state index contributed by atoms with van der Waals surface area (Å²) in [4.78, 5) is 23.6. The van der Waals surface area contributed by atoms with E-state index in [4.69, 9.17) is 16.3 Å². The van der Waals surface area contributed by atoms with E-state index in [2.05, 4.69) is 27.1 Å². The van der Waals surface area contributed by atoms with Gasteiger partial charge in [-0.25, -0.2) is 4.98 Å². The molecule has 0 aliphatic carbocycles. The summed E-state index contributed by atoms with van der Waals surface area (Å²) in [6.07, 6.45) is 4.99. The average molecular weight is 426 g/mol. The Morgan fingerprint density at radius 3 is 2.67 bits per heavy atom. The Labute approximate surface area is 180 Å². The lowest BCUT2D eigenvalue weighted by Crippen LogP contribution is -2.32. The molecule has 4 heterocycles. The molecule has 3 aromatic rings. The summed E-state index contributed by atoms with van der Waals surface area (Å²) in [5.41, 5.74) is 1.27. The summed E-state index contributed by atoms with van der Waals surface area (Å²) in [7, 11) is 1.99.